The van der Waals surface area contributed by atoms with Gasteiger partial charge in [0.1, 0.15) is 0 Å². The van der Waals surface area contributed by atoms with Crippen molar-refractivity contribution >= 4 is 0 Å². The molecule has 4 heteroatoms. The average molecular weight is 660 g/mol. The van der Waals surface area contributed by atoms with Gasteiger partial charge in [0.05, 0.1) is 0 Å². The number of hydrogen-bond acceptors (Lipinski definition) is 3. The first-order valence-electron chi connectivity index (χ1n) is 12.2. The zero-order valence-corrected chi connectivity index (χ0v) is 24.2. The van der Waals surface area contributed by atoms with Crippen LogP contribution in [-0.4, -0.2) is 15.0 Å². The molecule has 3 aromatic heterocycles. The Morgan fingerprint density at radius 3 is 2.16 bits per heavy atom. The van der Waals surface area contributed by atoms with Crippen LogP contribution in [0.4, 0.5) is 0 Å². The Bertz CT molecular complexity index is 1520. The smallest absolute Gasteiger partial charge is 0.0242 e. The first-order chi connectivity index (χ1) is 17.3. The Balaban J connectivity index is 0.000000178. The van der Waals surface area contributed by atoms with E-state index in [1.165, 1.54) is 38.9 Å². The van der Waals surface area contributed by atoms with Gasteiger partial charge in [-0.1, -0.05) is 75.1 Å². The third-order valence-electron chi connectivity index (χ3n) is 6.96. The molecule has 0 aliphatic heterocycles. The van der Waals surface area contributed by atoms with E-state index in [-0.39, 0.29) is 25.5 Å². The summed E-state index contributed by atoms with van der Waals surface area (Å²) in [5.74, 6) is 0. The molecular formula is C33H29IrN3-2. The normalized spacial score (nSPS) is 12.5. The van der Waals surface area contributed by atoms with Crippen LogP contribution in [0.5, 0.6) is 0 Å². The Morgan fingerprint density at radius 2 is 1.46 bits per heavy atom. The number of rotatable bonds is 2. The van der Waals surface area contributed by atoms with Crippen molar-refractivity contribution in [1.82, 2.24) is 15.0 Å². The monoisotopic (exact) mass is 660 g/mol. The fourth-order valence-corrected chi connectivity index (χ4v) is 4.64. The molecule has 0 N–H and O–H groups in total. The summed E-state index contributed by atoms with van der Waals surface area (Å²) in [5, 5.41) is 0. The van der Waals surface area contributed by atoms with E-state index in [9.17, 15) is 0 Å². The van der Waals surface area contributed by atoms with Crippen LogP contribution >= 0.6 is 0 Å². The van der Waals surface area contributed by atoms with E-state index >= 15 is 0 Å². The van der Waals surface area contributed by atoms with Crippen molar-refractivity contribution in [2.45, 2.75) is 40.0 Å². The third kappa shape index (κ3) is 5.32. The minimum absolute atomic E-state index is 0. The minimum atomic E-state index is 0. The molecule has 0 spiro atoms. The first kappa shape index (κ1) is 26.6. The molecule has 1 radical (unpaired) electrons. The van der Waals surface area contributed by atoms with Gasteiger partial charge in [0.2, 0.25) is 0 Å². The van der Waals surface area contributed by atoms with Crippen molar-refractivity contribution in [1.29, 1.82) is 0 Å². The maximum Gasteiger partial charge on any atom is 0.0242 e. The first-order valence-corrected chi connectivity index (χ1v) is 12.2. The standard InChI is InChI=1S/C19H15N2.C14H14N.Ir/c1-19(2)16-8-4-3-7-14(16)15-12-21-18(10-17(15)19)13-6-5-9-20-11-13;1-10-4-6-13(7-5-10)14-8-11(2)12(3)9-15-14;/h3-5,7-12H,1-2H3;4-6,8-9H,1-3H3;/q2*-1;. The molecule has 1 aliphatic carbocycles. The van der Waals surface area contributed by atoms with Crippen LogP contribution in [0.25, 0.3) is 33.6 Å². The Kier molecular flexibility index (Phi) is 7.82. The predicted molar refractivity (Wildman–Crippen MR) is 147 cm³/mol. The van der Waals surface area contributed by atoms with Crippen LogP contribution in [0, 0.1) is 32.9 Å². The second-order valence-corrected chi connectivity index (χ2v) is 9.87. The van der Waals surface area contributed by atoms with E-state index in [0.717, 1.165) is 22.5 Å². The molecule has 187 valence electrons. The Labute approximate surface area is 233 Å². The average Bonchev–Trinajstić information content (AvgIpc) is 3.13. The van der Waals surface area contributed by atoms with Gasteiger partial charge >= 0.3 is 0 Å². The second-order valence-electron chi connectivity index (χ2n) is 9.87. The summed E-state index contributed by atoms with van der Waals surface area (Å²) >= 11 is 0. The van der Waals surface area contributed by atoms with E-state index in [2.05, 4.69) is 110 Å². The fraction of sp³-hybridized carbons (Fsp3) is 0.182. The van der Waals surface area contributed by atoms with Crippen molar-refractivity contribution < 1.29 is 20.1 Å². The number of aryl methyl sites for hydroxylation is 3. The molecule has 37 heavy (non-hydrogen) atoms. The Morgan fingerprint density at radius 1 is 0.703 bits per heavy atom. The van der Waals surface area contributed by atoms with Crippen molar-refractivity contribution in [3.8, 4) is 33.6 Å². The molecular weight excluding hydrogens is 631 g/mol. The number of benzene rings is 2. The molecule has 0 fully saturated rings. The SMILES string of the molecule is CC1(C)c2ccccc2-c2cnc(-c3[c-]ccnc3)cc21.Cc1c[c-]c(-c2cc(C)c(C)cn2)cc1.[Ir]. The molecule has 6 rings (SSSR count). The predicted octanol–water partition coefficient (Wildman–Crippen LogP) is 7.72. The van der Waals surface area contributed by atoms with Crippen LogP contribution in [0.2, 0.25) is 0 Å². The number of aromatic nitrogens is 3. The number of hydrogen-bond donors (Lipinski definition) is 0. The summed E-state index contributed by atoms with van der Waals surface area (Å²) in [6, 6.07) is 27.3. The van der Waals surface area contributed by atoms with E-state index in [1.807, 2.05) is 30.7 Å². The molecule has 3 heterocycles. The van der Waals surface area contributed by atoms with Gasteiger partial charge in [-0.3, -0.25) is 0 Å². The van der Waals surface area contributed by atoms with Gasteiger partial charge in [0, 0.05) is 43.5 Å². The summed E-state index contributed by atoms with van der Waals surface area (Å²) in [7, 11) is 0. The molecule has 0 atom stereocenters. The maximum atomic E-state index is 4.61. The summed E-state index contributed by atoms with van der Waals surface area (Å²) in [6.07, 6.45) is 7.44. The van der Waals surface area contributed by atoms with Gasteiger partial charge in [0.25, 0.3) is 0 Å². The van der Waals surface area contributed by atoms with Crippen LogP contribution in [0.1, 0.15) is 41.7 Å². The van der Waals surface area contributed by atoms with Gasteiger partial charge < -0.3 is 15.0 Å². The fourth-order valence-electron chi connectivity index (χ4n) is 4.64. The molecule has 1 aliphatic rings. The molecule has 0 saturated heterocycles. The van der Waals surface area contributed by atoms with E-state index in [0.29, 0.717) is 0 Å². The largest absolute Gasteiger partial charge is 0.360 e. The molecule has 0 unspecified atom stereocenters. The quantitative estimate of drug-likeness (QED) is 0.182. The summed E-state index contributed by atoms with van der Waals surface area (Å²) in [5.41, 5.74) is 12.9. The zero-order chi connectivity index (χ0) is 25.3. The maximum absolute atomic E-state index is 4.61. The van der Waals surface area contributed by atoms with Gasteiger partial charge in [-0.05, 0) is 47.5 Å². The van der Waals surface area contributed by atoms with E-state index < -0.39 is 0 Å². The number of fused-ring (bicyclic) bond motifs is 3. The van der Waals surface area contributed by atoms with Gasteiger partial charge in [-0.2, -0.15) is 0 Å². The van der Waals surface area contributed by atoms with Gasteiger partial charge in [-0.15, -0.1) is 53.1 Å². The zero-order valence-electron chi connectivity index (χ0n) is 21.8. The molecule has 3 nitrogen and oxygen atoms in total. The van der Waals surface area contributed by atoms with Gasteiger partial charge in [-0.25, -0.2) is 0 Å². The summed E-state index contributed by atoms with van der Waals surface area (Å²) < 4.78 is 0. The number of nitrogens with zero attached hydrogens (tertiary/aromatic N) is 3. The van der Waals surface area contributed by atoms with Crippen molar-refractivity contribution in [3.05, 3.63) is 125 Å². The van der Waals surface area contributed by atoms with Crippen LogP contribution in [0.15, 0.2) is 85.5 Å². The van der Waals surface area contributed by atoms with Crippen LogP contribution in [0.3, 0.4) is 0 Å². The summed E-state index contributed by atoms with van der Waals surface area (Å²) in [6.45, 7) is 10.8. The van der Waals surface area contributed by atoms with E-state index in [4.69, 9.17) is 0 Å². The second kappa shape index (κ2) is 10.9. The summed E-state index contributed by atoms with van der Waals surface area (Å²) in [4.78, 5) is 13.2. The van der Waals surface area contributed by atoms with E-state index in [1.54, 1.807) is 6.20 Å². The van der Waals surface area contributed by atoms with Crippen molar-refractivity contribution in [3.63, 3.8) is 0 Å². The molecule has 2 aromatic carbocycles. The van der Waals surface area contributed by atoms with Crippen molar-refractivity contribution in [2.75, 3.05) is 0 Å². The topological polar surface area (TPSA) is 38.7 Å². The third-order valence-corrected chi connectivity index (χ3v) is 6.96. The molecule has 0 amide bonds. The molecule has 0 saturated carbocycles. The Hall–Kier alpha value is -3.46. The number of pyridine rings is 3. The van der Waals surface area contributed by atoms with Gasteiger partial charge in [0.15, 0.2) is 0 Å². The van der Waals surface area contributed by atoms with Crippen LogP contribution < -0.4 is 0 Å². The van der Waals surface area contributed by atoms with Crippen molar-refractivity contribution in [2.24, 2.45) is 0 Å². The molecule has 0 bridgehead atoms. The minimum Gasteiger partial charge on any atom is -0.360 e. The van der Waals surface area contributed by atoms with Crippen LogP contribution in [-0.2, 0) is 25.5 Å². The molecule has 5 aromatic rings.